The van der Waals surface area contributed by atoms with Crippen LogP contribution < -0.4 is 5.32 Å². The lowest BCUT2D eigenvalue weighted by molar-refractivity contribution is -0.144. The minimum absolute atomic E-state index is 0.330. The van der Waals surface area contributed by atoms with Crippen LogP contribution in [0.15, 0.2) is 66.9 Å². The number of hydrogen-bond donors (Lipinski definition) is 1. The van der Waals surface area contributed by atoms with Crippen LogP contribution in [0.4, 0.5) is 4.39 Å². The first-order valence-electron chi connectivity index (χ1n) is 8.76. The second kappa shape index (κ2) is 8.90. The van der Waals surface area contributed by atoms with Crippen molar-refractivity contribution in [1.29, 1.82) is 0 Å². The monoisotopic (exact) mass is 378 g/mol. The molecule has 3 rings (SSSR count). The van der Waals surface area contributed by atoms with Gasteiger partial charge < -0.3 is 10.1 Å². The van der Waals surface area contributed by atoms with Crippen molar-refractivity contribution in [3.63, 3.8) is 0 Å². The molecule has 0 saturated carbocycles. The normalized spacial score (nSPS) is 12.1. The topological polar surface area (TPSA) is 68.3 Å². The van der Waals surface area contributed by atoms with Crippen LogP contribution in [-0.4, -0.2) is 23.5 Å². The molecular weight excluding hydrogens is 359 g/mol. The van der Waals surface area contributed by atoms with Crippen LogP contribution in [0.25, 0.3) is 17.0 Å². The zero-order valence-electron chi connectivity index (χ0n) is 15.3. The Morgan fingerprint density at radius 3 is 2.68 bits per heavy atom. The van der Waals surface area contributed by atoms with E-state index < -0.39 is 18.5 Å². The SMILES string of the molecule is CC(NC(=O)COC(=O)/C=C/c1cccc2cccnc12)c1ccc(F)cc1. The molecular formula is C22H19FN2O3. The first-order chi connectivity index (χ1) is 13.5. The Hall–Kier alpha value is -3.54. The maximum atomic E-state index is 12.9. The van der Waals surface area contributed by atoms with Crippen molar-refractivity contribution in [2.24, 2.45) is 0 Å². The number of amides is 1. The molecule has 1 N–H and O–H groups in total. The highest BCUT2D eigenvalue weighted by Crippen LogP contribution is 2.17. The van der Waals surface area contributed by atoms with Gasteiger partial charge in [-0.3, -0.25) is 9.78 Å². The van der Waals surface area contributed by atoms with Crippen molar-refractivity contribution in [3.05, 3.63) is 83.8 Å². The third-order valence-electron chi connectivity index (χ3n) is 4.16. The lowest BCUT2D eigenvalue weighted by Crippen LogP contribution is -2.30. The first-order valence-corrected chi connectivity index (χ1v) is 8.76. The Kier molecular flexibility index (Phi) is 6.11. The number of rotatable bonds is 6. The Balaban J connectivity index is 1.52. The summed E-state index contributed by atoms with van der Waals surface area (Å²) >= 11 is 0. The standard InChI is InChI=1S/C22H19FN2O3/c1-15(16-7-10-19(23)11-8-16)25-20(26)14-28-21(27)12-9-18-5-2-4-17-6-3-13-24-22(17)18/h2-13,15H,14H2,1H3,(H,25,26)/b12-9+. The number of pyridine rings is 1. The quantitative estimate of drug-likeness (QED) is 0.523. The molecule has 0 aliphatic rings. The average Bonchev–Trinajstić information content (AvgIpc) is 2.71. The molecule has 6 heteroatoms. The van der Waals surface area contributed by atoms with Crippen LogP contribution in [0.2, 0.25) is 0 Å². The van der Waals surface area contributed by atoms with Gasteiger partial charge in [0, 0.05) is 23.2 Å². The van der Waals surface area contributed by atoms with Gasteiger partial charge in [0.25, 0.3) is 5.91 Å². The van der Waals surface area contributed by atoms with E-state index in [9.17, 15) is 14.0 Å². The average molecular weight is 378 g/mol. The van der Waals surface area contributed by atoms with Crippen LogP contribution in [0.3, 0.4) is 0 Å². The summed E-state index contributed by atoms with van der Waals surface area (Å²) in [6, 6.07) is 14.9. The summed E-state index contributed by atoms with van der Waals surface area (Å²) in [6.45, 7) is 1.36. The van der Waals surface area contributed by atoms with Gasteiger partial charge in [0.15, 0.2) is 6.61 Å². The molecule has 1 atom stereocenters. The third-order valence-corrected chi connectivity index (χ3v) is 4.16. The van der Waals surface area contributed by atoms with E-state index in [4.69, 9.17) is 4.74 Å². The van der Waals surface area contributed by atoms with Gasteiger partial charge in [0.2, 0.25) is 0 Å². The number of nitrogens with one attached hydrogen (secondary N) is 1. The summed E-state index contributed by atoms with van der Waals surface area (Å²) in [7, 11) is 0. The Labute approximate surface area is 161 Å². The van der Waals surface area contributed by atoms with Gasteiger partial charge in [-0.15, -0.1) is 0 Å². The number of para-hydroxylation sites is 1. The Morgan fingerprint density at radius 2 is 1.89 bits per heavy atom. The summed E-state index contributed by atoms with van der Waals surface area (Å²) in [4.78, 5) is 28.2. The van der Waals surface area contributed by atoms with Gasteiger partial charge in [0.1, 0.15) is 5.82 Å². The Bertz CT molecular complexity index is 1010. The molecule has 2 aromatic carbocycles. The lowest BCUT2D eigenvalue weighted by Gasteiger charge is -2.14. The molecule has 0 radical (unpaired) electrons. The number of ether oxygens (including phenoxy) is 1. The molecule has 1 aromatic heterocycles. The molecule has 0 aliphatic carbocycles. The summed E-state index contributed by atoms with van der Waals surface area (Å²) in [5.74, 6) is -1.41. The molecule has 1 unspecified atom stereocenters. The summed E-state index contributed by atoms with van der Waals surface area (Å²) in [5.41, 5.74) is 2.31. The van der Waals surface area contributed by atoms with Crippen LogP contribution in [0, 0.1) is 5.82 Å². The van der Waals surface area contributed by atoms with Gasteiger partial charge in [0.05, 0.1) is 11.6 Å². The first kappa shape index (κ1) is 19.2. The highest BCUT2D eigenvalue weighted by Gasteiger charge is 2.11. The summed E-state index contributed by atoms with van der Waals surface area (Å²) < 4.78 is 17.9. The van der Waals surface area contributed by atoms with E-state index in [0.717, 1.165) is 22.0 Å². The van der Waals surface area contributed by atoms with Crippen LogP contribution in [-0.2, 0) is 14.3 Å². The van der Waals surface area contributed by atoms with Crippen LogP contribution in [0.1, 0.15) is 24.1 Å². The van der Waals surface area contributed by atoms with E-state index in [1.807, 2.05) is 30.3 Å². The number of nitrogens with zero attached hydrogens (tertiary/aromatic N) is 1. The number of carbonyl (C=O) groups excluding carboxylic acids is 2. The van der Waals surface area contributed by atoms with Gasteiger partial charge in [-0.1, -0.05) is 36.4 Å². The second-order valence-electron chi connectivity index (χ2n) is 6.20. The van der Waals surface area contributed by atoms with Crippen molar-refractivity contribution < 1.29 is 18.7 Å². The van der Waals surface area contributed by atoms with Crippen LogP contribution in [0.5, 0.6) is 0 Å². The highest BCUT2D eigenvalue weighted by molar-refractivity contribution is 5.93. The largest absolute Gasteiger partial charge is 0.452 e. The van der Waals surface area contributed by atoms with E-state index in [1.165, 1.54) is 18.2 Å². The number of aromatic nitrogens is 1. The predicted octanol–water partition coefficient (Wildman–Crippen LogP) is 3.81. The molecule has 0 bridgehead atoms. The predicted molar refractivity (Wildman–Crippen MR) is 105 cm³/mol. The van der Waals surface area contributed by atoms with Crippen molar-refractivity contribution >= 4 is 28.9 Å². The molecule has 0 fully saturated rings. The van der Waals surface area contributed by atoms with Gasteiger partial charge >= 0.3 is 5.97 Å². The molecule has 28 heavy (non-hydrogen) atoms. The molecule has 5 nitrogen and oxygen atoms in total. The van der Waals surface area contributed by atoms with Crippen molar-refractivity contribution in [1.82, 2.24) is 10.3 Å². The summed E-state index contributed by atoms with van der Waals surface area (Å²) in [5, 5.41) is 3.66. The van der Waals surface area contributed by atoms with Gasteiger partial charge in [-0.05, 0) is 36.8 Å². The number of halogens is 1. The number of carbonyl (C=O) groups is 2. The fraction of sp³-hybridized carbons (Fsp3) is 0.136. The van der Waals surface area contributed by atoms with Crippen LogP contribution >= 0.6 is 0 Å². The molecule has 3 aromatic rings. The molecule has 0 aliphatic heterocycles. The molecule has 0 spiro atoms. The molecule has 1 amide bonds. The zero-order chi connectivity index (χ0) is 19.9. The van der Waals surface area contributed by atoms with E-state index >= 15 is 0 Å². The molecule has 1 heterocycles. The van der Waals surface area contributed by atoms with Crippen molar-refractivity contribution in [2.45, 2.75) is 13.0 Å². The third kappa shape index (κ3) is 5.01. The minimum Gasteiger partial charge on any atom is -0.452 e. The zero-order valence-corrected chi connectivity index (χ0v) is 15.3. The fourth-order valence-electron chi connectivity index (χ4n) is 2.72. The lowest BCUT2D eigenvalue weighted by atomic mass is 10.1. The summed E-state index contributed by atoms with van der Waals surface area (Å²) in [6.07, 6.45) is 4.56. The minimum atomic E-state index is -0.627. The van der Waals surface area contributed by atoms with Crippen molar-refractivity contribution in [2.75, 3.05) is 6.61 Å². The Morgan fingerprint density at radius 1 is 1.14 bits per heavy atom. The number of hydrogen-bond acceptors (Lipinski definition) is 4. The van der Waals surface area contributed by atoms with Gasteiger partial charge in [-0.25, -0.2) is 9.18 Å². The van der Waals surface area contributed by atoms with E-state index in [1.54, 1.807) is 31.3 Å². The van der Waals surface area contributed by atoms with E-state index in [2.05, 4.69) is 10.3 Å². The van der Waals surface area contributed by atoms with E-state index in [0.29, 0.717) is 0 Å². The fourth-order valence-corrected chi connectivity index (χ4v) is 2.72. The van der Waals surface area contributed by atoms with E-state index in [-0.39, 0.29) is 11.9 Å². The maximum absolute atomic E-state index is 12.9. The smallest absolute Gasteiger partial charge is 0.331 e. The number of fused-ring (bicyclic) bond motifs is 1. The maximum Gasteiger partial charge on any atom is 0.331 e. The number of esters is 1. The molecule has 142 valence electrons. The highest BCUT2D eigenvalue weighted by atomic mass is 19.1. The van der Waals surface area contributed by atoms with Gasteiger partial charge in [-0.2, -0.15) is 0 Å². The second-order valence-corrected chi connectivity index (χ2v) is 6.20. The molecule has 0 saturated heterocycles. The number of benzene rings is 2. The van der Waals surface area contributed by atoms with Crippen molar-refractivity contribution in [3.8, 4) is 0 Å².